The van der Waals surface area contributed by atoms with Gasteiger partial charge in [-0.1, -0.05) is 142 Å². The maximum absolute atomic E-state index is 9.82. The van der Waals surface area contributed by atoms with E-state index in [9.17, 15) is 5.11 Å². The Balaban J connectivity index is 4.69. The highest BCUT2D eigenvalue weighted by Crippen LogP contribution is 2.15. The Labute approximate surface area is 253 Å². The Morgan fingerprint density at radius 1 is 0.512 bits per heavy atom. The van der Waals surface area contributed by atoms with Gasteiger partial charge in [-0.3, -0.25) is 0 Å². The van der Waals surface area contributed by atoms with E-state index in [0.29, 0.717) is 0 Å². The maximum atomic E-state index is 9.82. The van der Waals surface area contributed by atoms with E-state index in [1.54, 1.807) is 0 Å². The second-order valence-corrected chi connectivity index (χ2v) is 12.0. The highest BCUT2D eigenvalue weighted by Gasteiger charge is 2.10. The molecule has 0 aromatic heterocycles. The van der Waals surface area contributed by atoms with E-state index in [0.717, 1.165) is 32.1 Å². The molecule has 0 aliphatic carbocycles. The topological polar surface area (TPSA) is 20.2 Å². The van der Waals surface area contributed by atoms with Crippen molar-refractivity contribution >= 4 is 0 Å². The Morgan fingerprint density at radius 2 is 0.878 bits per heavy atom. The van der Waals surface area contributed by atoms with Gasteiger partial charge in [0.25, 0.3) is 0 Å². The van der Waals surface area contributed by atoms with E-state index in [2.05, 4.69) is 159 Å². The molecule has 1 nitrogen and oxygen atoms in total. The van der Waals surface area contributed by atoms with Gasteiger partial charge in [-0.15, -0.1) is 0 Å². The fourth-order valence-corrected chi connectivity index (χ4v) is 3.62. The molecular formula is C40H58O. The van der Waals surface area contributed by atoms with Gasteiger partial charge in [-0.05, 0) is 101 Å². The van der Waals surface area contributed by atoms with Crippen molar-refractivity contribution in [3.8, 4) is 0 Å². The minimum atomic E-state index is -0.575. The van der Waals surface area contributed by atoms with Crippen LogP contribution < -0.4 is 0 Å². The average molecular weight is 555 g/mol. The number of hydrogen-bond donors (Lipinski definition) is 1. The molecule has 41 heavy (non-hydrogen) atoms. The molecule has 0 fully saturated rings. The smallest absolute Gasteiger partial charge is 0.0591 e. The molecule has 0 spiro atoms. The zero-order valence-corrected chi connectivity index (χ0v) is 27.8. The highest BCUT2D eigenvalue weighted by molar-refractivity contribution is 5.32. The van der Waals surface area contributed by atoms with E-state index in [4.69, 9.17) is 0 Å². The molecule has 0 aliphatic heterocycles. The largest absolute Gasteiger partial charge is 0.390 e. The molecular weight excluding hydrogens is 496 g/mol. The fourth-order valence-electron chi connectivity index (χ4n) is 3.62. The zero-order valence-electron chi connectivity index (χ0n) is 27.8. The van der Waals surface area contributed by atoms with Crippen LogP contribution in [0.5, 0.6) is 0 Å². The monoisotopic (exact) mass is 554 g/mol. The van der Waals surface area contributed by atoms with Crippen molar-refractivity contribution < 1.29 is 5.11 Å². The normalized spacial score (nSPS) is 15.6. The molecule has 0 saturated heterocycles. The zero-order chi connectivity index (χ0) is 31.1. The molecule has 0 aromatic rings. The van der Waals surface area contributed by atoms with Crippen molar-refractivity contribution in [1.29, 1.82) is 0 Å². The van der Waals surface area contributed by atoms with Crippen LogP contribution in [0.1, 0.15) is 101 Å². The fraction of sp³-hybridized carbons (Fsp3) is 0.400. The molecule has 224 valence electrons. The third-order valence-electron chi connectivity index (χ3n) is 6.20. The lowest BCUT2D eigenvalue weighted by Gasteiger charge is -2.16. The Bertz CT molecular complexity index is 1130. The molecule has 0 saturated carbocycles. The third-order valence-corrected chi connectivity index (χ3v) is 6.20. The molecule has 0 aromatic carbocycles. The van der Waals surface area contributed by atoms with Crippen molar-refractivity contribution in [2.75, 3.05) is 0 Å². The highest BCUT2D eigenvalue weighted by atomic mass is 16.3. The number of aliphatic hydroxyl groups is 1. The molecule has 0 unspecified atom stereocenters. The van der Waals surface area contributed by atoms with Crippen LogP contribution in [0.3, 0.4) is 0 Å². The first-order chi connectivity index (χ1) is 19.3. The van der Waals surface area contributed by atoms with Crippen LogP contribution in [0.25, 0.3) is 0 Å². The van der Waals surface area contributed by atoms with Gasteiger partial charge in [0, 0.05) is 0 Å². The van der Waals surface area contributed by atoms with Crippen molar-refractivity contribution in [1.82, 2.24) is 0 Å². The first-order valence-electron chi connectivity index (χ1n) is 15.0. The molecule has 1 heteroatoms. The Hall–Kier alpha value is -3.16. The van der Waals surface area contributed by atoms with Crippen LogP contribution in [0.15, 0.2) is 142 Å². The van der Waals surface area contributed by atoms with E-state index in [1.165, 1.54) is 39.0 Å². The van der Waals surface area contributed by atoms with Crippen LogP contribution in [-0.4, -0.2) is 10.7 Å². The molecule has 0 rings (SSSR count). The first kappa shape index (κ1) is 37.8. The van der Waals surface area contributed by atoms with Gasteiger partial charge in [0.1, 0.15) is 0 Å². The first-order valence-corrected chi connectivity index (χ1v) is 15.0. The van der Waals surface area contributed by atoms with Gasteiger partial charge < -0.3 is 5.11 Å². The molecule has 0 amide bonds. The number of rotatable bonds is 17. The maximum Gasteiger partial charge on any atom is 0.0591 e. The number of allylic oxidation sites excluding steroid dienone is 24. The van der Waals surface area contributed by atoms with E-state index in [1.807, 2.05) is 13.8 Å². The lowest BCUT2D eigenvalue weighted by Crippen LogP contribution is -2.17. The van der Waals surface area contributed by atoms with E-state index < -0.39 is 5.60 Å². The summed E-state index contributed by atoms with van der Waals surface area (Å²) >= 11 is 0. The molecule has 0 heterocycles. The van der Waals surface area contributed by atoms with Gasteiger partial charge in [0.2, 0.25) is 0 Å². The predicted octanol–water partition coefficient (Wildman–Crippen LogP) is 12.1. The summed E-state index contributed by atoms with van der Waals surface area (Å²) < 4.78 is 0. The second kappa shape index (κ2) is 22.5. The lowest BCUT2D eigenvalue weighted by molar-refractivity contribution is 0.0689. The van der Waals surface area contributed by atoms with E-state index in [-0.39, 0.29) is 0 Å². The van der Waals surface area contributed by atoms with Crippen LogP contribution >= 0.6 is 0 Å². The molecule has 0 aliphatic rings. The lowest BCUT2D eigenvalue weighted by atomic mass is 9.99. The standard InChI is InChI=1S/C40H58O/c1-33(2)19-13-22-36(5)25-16-28-37(6)26-14-23-34(3)20-11-12-21-35(4)24-15-27-38(7)29-17-30-39(8)31-18-32-40(9,10)41/h11-12,14-17,19-21,23-30,41H,13,18,22,31-32H2,1-10H3/b12-11+,23-14+,24-15+,28-16+,29-17+,34-20+,35-21+,36-25+,37-26+,38-27+,39-30+. The quantitative estimate of drug-likeness (QED) is 0.140. The van der Waals surface area contributed by atoms with Crippen LogP contribution in [0.4, 0.5) is 0 Å². The Kier molecular flexibility index (Phi) is 20.8. The summed E-state index contributed by atoms with van der Waals surface area (Å²) in [6.45, 7) is 20.8. The second-order valence-electron chi connectivity index (χ2n) is 12.0. The van der Waals surface area contributed by atoms with E-state index >= 15 is 0 Å². The minimum Gasteiger partial charge on any atom is -0.390 e. The van der Waals surface area contributed by atoms with Crippen LogP contribution in [0.2, 0.25) is 0 Å². The average Bonchev–Trinajstić information content (AvgIpc) is 2.85. The molecule has 0 radical (unpaired) electrons. The summed E-state index contributed by atoms with van der Waals surface area (Å²) in [5, 5.41) is 9.82. The number of hydrogen-bond acceptors (Lipinski definition) is 1. The minimum absolute atomic E-state index is 0.575. The van der Waals surface area contributed by atoms with Gasteiger partial charge in [0.15, 0.2) is 0 Å². The van der Waals surface area contributed by atoms with Gasteiger partial charge in [-0.25, -0.2) is 0 Å². The summed E-state index contributed by atoms with van der Waals surface area (Å²) in [5.74, 6) is 0. The SMILES string of the molecule is CC(C)=CCC/C(C)=C/C=C/C(C)=C/C=C/C(C)=C/C=C/C=C(C)/C=C/C=C(C)/C=C/C=C(\C)CCCC(C)(C)O. The third kappa shape index (κ3) is 26.8. The van der Waals surface area contributed by atoms with Crippen LogP contribution in [-0.2, 0) is 0 Å². The summed E-state index contributed by atoms with van der Waals surface area (Å²) in [6.07, 6.45) is 41.4. The van der Waals surface area contributed by atoms with Crippen molar-refractivity contribution in [3.63, 3.8) is 0 Å². The summed E-state index contributed by atoms with van der Waals surface area (Å²) in [7, 11) is 0. The Morgan fingerprint density at radius 3 is 1.27 bits per heavy atom. The van der Waals surface area contributed by atoms with Crippen molar-refractivity contribution in [2.24, 2.45) is 0 Å². The molecule has 1 N–H and O–H groups in total. The van der Waals surface area contributed by atoms with Crippen molar-refractivity contribution in [3.05, 3.63) is 142 Å². The van der Waals surface area contributed by atoms with Gasteiger partial charge in [0.05, 0.1) is 5.60 Å². The van der Waals surface area contributed by atoms with Crippen molar-refractivity contribution in [2.45, 2.75) is 107 Å². The summed E-state index contributed by atoms with van der Waals surface area (Å²) in [4.78, 5) is 0. The van der Waals surface area contributed by atoms with Crippen LogP contribution in [0, 0.1) is 0 Å². The summed E-state index contributed by atoms with van der Waals surface area (Å²) in [6, 6.07) is 0. The summed E-state index contributed by atoms with van der Waals surface area (Å²) in [5.41, 5.74) is 8.39. The predicted molar refractivity (Wildman–Crippen MR) is 187 cm³/mol. The molecule has 0 atom stereocenters. The van der Waals surface area contributed by atoms with Gasteiger partial charge in [-0.2, -0.15) is 0 Å². The molecule has 0 bridgehead atoms. The van der Waals surface area contributed by atoms with Gasteiger partial charge >= 0.3 is 0 Å².